The fraction of sp³-hybridized carbons (Fsp3) is 0.471. The van der Waals surface area contributed by atoms with E-state index in [1.54, 1.807) is 35.1 Å². The van der Waals surface area contributed by atoms with E-state index in [2.05, 4.69) is 9.88 Å². The van der Waals surface area contributed by atoms with Crippen LogP contribution in [0.2, 0.25) is 5.02 Å². The zero-order valence-electron chi connectivity index (χ0n) is 26.0. The van der Waals surface area contributed by atoms with Crippen molar-refractivity contribution in [1.82, 2.24) is 19.4 Å². The number of halogens is 4. The van der Waals surface area contributed by atoms with Crippen LogP contribution in [0.3, 0.4) is 0 Å². The highest BCUT2D eigenvalue weighted by atomic mass is 35.5. The van der Waals surface area contributed by atoms with Gasteiger partial charge in [0.15, 0.2) is 0 Å². The van der Waals surface area contributed by atoms with Gasteiger partial charge in [-0.3, -0.25) is 19.2 Å². The number of hydrogen-bond acceptors (Lipinski definition) is 7. The van der Waals surface area contributed by atoms with Gasteiger partial charge < -0.3 is 9.84 Å². The molecule has 8 nitrogen and oxygen atoms in total. The molecule has 4 aromatic rings. The van der Waals surface area contributed by atoms with Crippen LogP contribution in [0.4, 0.5) is 13.2 Å². The fourth-order valence-electron chi connectivity index (χ4n) is 7.46. The Bertz CT molecular complexity index is 1950. The van der Waals surface area contributed by atoms with Crippen LogP contribution in [0, 0.1) is 19.8 Å². The number of hydrogen-bond donors (Lipinski definition) is 1. The van der Waals surface area contributed by atoms with E-state index < -0.39 is 18.1 Å². The molecule has 1 saturated carbocycles. The molecule has 47 heavy (non-hydrogen) atoms. The van der Waals surface area contributed by atoms with Gasteiger partial charge in [-0.2, -0.15) is 13.2 Å². The molecule has 0 bridgehead atoms. The summed E-state index contributed by atoms with van der Waals surface area (Å²) in [6.07, 6.45) is -0.782. The smallest absolute Gasteiger partial charge is 0.391 e. The molecule has 3 aromatic heterocycles. The summed E-state index contributed by atoms with van der Waals surface area (Å²) in [6.45, 7) is 4.81. The average molecular weight is 687 g/mol. The molecule has 0 radical (unpaired) electrons. The van der Waals surface area contributed by atoms with Gasteiger partial charge in [-0.1, -0.05) is 11.6 Å². The first-order valence-electron chi connectivity index (χ1n) is 15.8. The Balaban J connectivity index is 1.13. The lowest BCUT2D eigenvalue weighted by Gasteiger charge is -2.42. The molecule has 7 rings (SSSR count). The van der Waals surface area contributed by atoms with Crippen molar-refractivity contribution in [3.05, 3.63) is 73.4 Å². The summed E-state index contributed by atoms with van der Waals surface area (Å²) >= 11 is 7.70. The minimum atomic E-state index is -4.16. The number of benzene rings is 1. The summed E-state index contributed by atoms with van der Waals surface area (Å²) in [5, 5.41) is 11.7. The van der Waals surface area contributed by atoms with Crippen molar-refractivity contribution in [3.8, 4) is 16.9 Å². The number of carbonyl (C=O) groups is 1. The summed E-state index contributed by atoms with van der Waals surface area (Å²) in [5.41, 5.74) is 3.91. The molecule has 1 atom stereocenters. The maximum atomic E-state index is 14.0. The third-order valence-electron chi connectivity index (χ3n) is 10.1. The monoisotopic (exact) mass is 686 g/mol. The number of aromatic carboxylic acids is 1. The molecule has 248 valence electrons. The molecule has 1 saturated heterocycles. The Morgan fingerprint density at radius 2 is 1.89 bits per heavy atom. The van der Waals surface area contributed by atoms with E-state index in [0.717, 1.165) is 30.5 Å². The Labute approximate surface area is 278 Å². The number of carboxylic acid groups (broad SMARTS) is 1. The van der Waals surface area contributed by atoms with Crippen molar-refractivity contribution in [1.29, 1.82) is 0 Å². The first-order valence-corrected chi connectivity index (χ1v) is 17.1. The average Bonchev–Trinajstić information content (AvgIpc) is 3.66. The van der Waals surface area contributed by atoms with Gasteiger partial charge in [-0.05, 0) is 89.7 Å². The number of ether oxygens (including phenoxy) is 1. The third kappa shape index (κ3) is 5.93. The largest absolute Gasteiger partial charge is 0.491 e. The first-order chi connectivity index (χ1) is 22.3. The lowest BCUT2D eigenvalue weighted by molar-refractivity contribution is -0.186. The number of carboxylic acids is 1. The predicted molar refractivity (Wildman–Crippen MR) is 174 cm³/mol. The minimum Gasteiger partial charge on any atom is -0.491 e. The van der Waals surface area contributed by atoms with E-state index in [1.165, 1.54) is 11.3 Å². The van der Waals surface area contributed by atoms with Crippen molar-refractivity contribution in [2.75, 3.05) is 19.7 Å². The van der Waals surface area contributed by atoms with E-state index in [-0.39, 0.29) is 48.6 Å². The Hall–Kier alpha value is -3.48. The topological polar surface area (TPSA) is 97.6 Å². The zero-order valence-corrected chi connectivity index (χ0v) is 27.6. The highest BCUT2D eigenvalue weighted by Crippen LogP contribution is 2.55. The first kappa shape index (κ1) is 32.1. The number of aryl methyl sites for hydroxylation is 2. The van der Waals surface area contributed by atoms with Gasteiger partial charge in [-0.25, -0.2) is 9.78 Å². The van der Waals surface area contributed by atoms with Crippen LogP contribution in [0.15, 0.2) is 34.4 Å². The number of thiophene rings is 1. The summed E-state index contributed by atoms with van der Waals surface area (Å²) in [4.78, 5) is 37.4. The number of rotatable bonds is 7. The second kappa shape index (κ2) is 11.9. The number of piperidine rings is 1. The Kier molecular flexibility index (Phi) is 8.12. The second-order valence-electron chi connectivity index (χ2n) is 13.1. The quantitative estimate of drug-likeness (QED) is 0.220. The molecule has 0 unspecified atom stereocenters. The number of fused-ring (bicyclic) bond motifs is 3. The van der Waals surface area contributed by atoms with Gasteiger partial charge >= 0.3 is 12.1 Å². The lowest BCUT2D eigenvalue weighted by atomic mass is 9.79. The van der Waals surface area contributed by atoms with Gasteiger partial charge in [0, 0.05) is 44.2 Å². The molecule has 1 aliphatic heterocycles. The molecule has 1 aromatic carbocycles. The van der Waals surface area contributed by atoms with Crippen LogP contribution in [-0.4, -0.2) is 62.4 Å². The van der Waals surface area contributed by atoms with Crippen LogP contribution in [0.1, 0.15) is 65.2 Å². The molecule has 1 N–H and O–H groups in total. The molecule has 13 heteroatoms. The van der Waals surface area contributed by atoms with E-state index in [4.69, 9.17) is 21.3 Å². The van der Waals surface area contributed by atoms with Crippen LogP contribution < -0.4 is 10.3 Å². The second-order valence-corrected chi connectivity index (χ2v) is 14.4. The summed E-state index contributed by atoms with van der Waals surface area (Å²) in [6, 6.07) is 7.15. The molecular weight excluding hydrogens is 653 g/mol. The van der Waals surface area contributed by atoms with Gasteiger partial charge in [0.05, 0.1) is 33.9 Å². The van der Waals surface area contributed by atoms with Crippen LogP contribution in [0.5, 0.6) is 5.75 Å². The fourth-order valence-corrected chi connectivity index (χ4v) is 8.64. The molecular formula is C34H34ClF3N4O4S. The molecule has 4 heterocycles. The van der Waals surface area contributed by atoms with Crippen molar-refractivity contribution < 1.29 is 27.8 Å². The molecule has 0 amide bonds. The summed E-state index contributed by atoms with van der Waals surface area (Å²) in [7, 11) is 0. The number of aromatic nitrogens is 3. The number of likely N-dealkylation sites (tertiary alicyclic amines) is 1. The van der Waals surface area contributed by atoms with Crippen molar-refractivity contribution in [3.63, 3.8) is 0 Å². The standard InChI is InChI=1S/C34H34ClF3N4O4S/c1-18-13-24(29-28(39-18)26(17-47-29)32(44)45)23-14-21(35)3-4-27(23)46-12-11-42-19(2)40-30-25(31(42)43)15-22(16-33(30)7-8-33)41-9-5-20(6-10-41)34(36,37)38/h3-4,13-14,17,20,22H,5-12,15-16H2,1-2H3,(H,44,45)/t22-/m0/s1. The van der Waals surface area contributed by atoms with Gasteiger partial charge in [0.1, 0.15) is 18.2 Å². The van der Waals surface area contributed by atoms with Crippen molar-refractivity contribution in [2.45, 2.75) is 76.6 Å². The molecule has 3 aliphatic rings. The van der Waals surface area contributed by atoms with Crippen LogP contribution >= 0.6 is 22.9 Å². The third-order valence-corrected chi connectivity index (χ3v) is 11.3. The minimum absolute atomic E-state index is 0.0252. The van der Waals surface area contributed by atoms with Gasteiger partial charge in [0.25, 0.3) is 5.56 Å². The van der Waals surface area contributed by atoms with E-state index in [1.807, 2.05) is 13.0 Å². The van der Waals surface area contributed by atoms with E-state index in [0.29, 0.717) is 63.1 Å². The maximum absolute atomic E-state index is 14.0. The van der Waals surface area contributed by atoms with Gasteiger partial charge in [-0.15, -0.1) is 11.3 Å². The SMILES string of the molecule is Cc1cc(-c2cc(Cl)ccc2OCCn2c(C)nc3c(c2=O)C[C@H](N2CCC(C(F)(F)F)CC2)CC32CC2)c2scc(C(=O)O)c2n1. The van der Waals surface area contributed by atoms with Crippen molar-refractivity contribution >= 4 is 39.1 Å². The predicted octanol–water partition coefficient (Wildman–Crippen LogP) is 7.19. The van der Waals surface area contributed by atoms with Crippen LogP contribution in [-0.2, 0) is 18.4 Å². The number of pyridine rings is 1. The maximum Gasteiger partial charge on any atom is 0.391 e. The Morgan fingerprint density at radius 1 is 1.15 bits per heavy atom. The molecule has 1 spiro atoms. The lowest BCUT2D eigenvalue weighted by Crippen LogP contribution is -2.49. The zero-order chi connectivity index (χ0) is 33.2. The summed E-state index contributed by atoms with van der Waals surface area (Å²) < 4.78 is 48.5. The highest BCUT2D eigenvalue weighted by Gasteiger charge is 2.53. The number of nitrogens with zero attached hydrogens (tertiary/aromatic N) is 4. The normalized spacial score (nSPS) is 19.7. The van der Waals surface area contributed by atoms with Crippen LogP contribution in [0.25, 0.3) is 21.3 Å². The number of alkyl halides is 3. The molecule has 2 fully saturated rings. The Morgan fingerprint density at radius 3 is 2.57 bits per heavy atom. The van der Waals surface area contributed by atoms with E-state index >= 15 is 0 Å². The van der Waals surface area contributed by atoms with E-state index in [9.17, 15) is 27.9 Å². The van der Waals surface area contributed by atoms with Crippen molar-refractivity contribution in [2.24, 2.45) is 5.92 Å². The molecule has 2 aliphatic carbocycles. The van der Waals surface area contributed by atoms with Gasteiger partial charge in [0.2, 0.25) is 0 Å². The summed E-state index contributed by atoms with van der Waals surface area (Å²) in [5.74, 6) is -1.17. The highest BCUT2D eigenvalue weighted by molar-refractivity contribution is 7.18.